The number of hydrogen-bond donors (Lipinski definition) is 0. The van der Waals surface area contributed by atoms with Gasteiger partial charge < -0.3 is 4.74 Å². The third kappa shape index (κ3) is 6.26. The van der Waals surface area contributed by atoms with E-state index in [0.29, 0.717) is 6.10 Å². The van der Waals surface area contributed by atoms with Crippen molar-refractivity contribution in [3.63, 3.8) is 0 Å². The van der Waals surface area contributed by atoms with E-state index in [-0.39, 0.29) is 6.10 Å². The summed E-state index contributed by atoms with van der Waals surface area (Å²) >= 11 is 2.43. The van der Waals surface area contributed by atoms with Crippen LogP contribution in [0, 0.1) is 6.92 Å². The van der Waals surface area contributed by atoms with Crippen molar-refractivity contribution in [1.82, 2.24) is 0 Å². The largest absolute Gasteiger partial charge is 0.370 e. The zero-order valence-electron chi connectivity index (χ0n) is 12.5. The lowest BCUT2D eigenvalue weighted by atomic mass is 10.0. The van der Waals surface area contributed by atoms with Crippen LogP contribution in [0.4, 0.5) is 0 Å². The molecule has 0 heterocycles. The van der Waals surface area contributed by atoms with Crippen LogP contribution in [0.15, 0.2) is 24.3 Å². The highest BCUT2D eigenvalue weighted by molar-refractivity contribution is 14.1. The molecule has 0 bridgehead atoms. The van der Waals surface area contributed by atoms with Crippen molar-refractivity contribution in [2.45, 2.75) is 65.1 Å². The summed E-state index contributed by atoms with van der Waals surface area (Å²) in [6, 6.07) is 8.57. The summed E-state index contributed by atoms with van der Waals surface area (Å²) in [4.78, 5) is 0. The van der Waals surface area contributed by atoms with Crippen LogP contribution in [0.25, 0.3) is 0 Å². The predicted octanol–water partition coefficient (Wildman–Crippen LogP) is 5.85. The van der Waals surface area contributed by atoms with Gasteiger partial charge in [0.05, 0.1) is 12.2 Å². The van der Waals surface area contributed by atoms with Gasteiger partial charge in [0.15, 0.2) is 0 Å². The van der Waals surface area contributed by atoms with Gasteiger partial charge in [0.2, 0.25) is 0 Å². The summed E-state index contributed by atoms with van der Waals surface area (Å²) in [7, 11) is 0. The Bertz CT molecular complexity index is 351. The molecule has 0 aromatic heterocycles. The van der Waals surface area contributed by atoms with E-state index in [9.17, 15) is 0 Å². The lowest BCUT2D eigenvalue weighted by molar-refractivity contribution is 0.00554. The summed E-state index contributed by atoms with van der Waals surface area (Å²) in [5.41, 5.74) is 2.68. The van der Waals surface area contributed by atoms with Crippen molar-refractivity contribution < 1.29 is 4.74 Å². The molecule has 0 aliphatic heterocycles. The third-order valence-corrected chi connectivity index (χ3v) is 4.34. The van der Waals surface area contributed by atoms with Crippen LogP contribution in [-0.2, 0) is 4.74 Å². The molecule has 19 heavy (non-hydrogen) atoms. The lowest BCUT2D eigenvalue weighted by Crippen LogP contribution is -2.15. The predicted molar refractivity (Wildman–Crippen MR) is 92.1 cm³/mol. The Labute approximate surface area is 132 Å². The first-order valence-electron chi connectivity index (χ1n) is 7.46. The quantitative estimate of drug-likeness (QED) is 0.299. The second-order valence-corrected chi connectivity index (χ2v) is 6.18. The summed E-state index contributed by atoms with van der Waals surface area (Å²) < 4.78 is 7.25. The zero-order chi connectivity index (χ0) is 14.1. The van der Waals surface area contributed by atoms with Crippen LogP contribution in [-0.4, -0.2) is 10.5 Å². The van der Waals surface area contributed by atoms with Gasteiger partial charge in [0, 0.05) is 4.43 Å². The molecule has 0 fully saturated rings. The normalized spacial score (nSPS) is 14.3. The van der Waals surface area contributed by atoms with Gasteiger partial charge in [-0.2, -0.15) is 0 Å². The monoisotopic (exact) mass is 374 g/mol. The molecular weight excluding hydrogens is 347 g/mol. The molecule has 2 atom stereocenters. The number of unbranched alkanes of at least 4 members (excludes halogenated alkanes) is 3. The summed E-state index contributed by atoms with van der Waals surface area (Å²) in [6.45, 7) is 6.64. The van der Waals surface area contributed by atoms with Gasteiger partial charge in [-0.25, -0.2) is 0 Å². The maximum atomic E-state index is 6.24. The van der Waals surface area contributed by atoms with Gasteiger partial charge in [0.1, 0.15) is 0 Å². The van der Waals surface area contributed by atoms with Gasteiger partial charge in [-0.15, -0.1) is 0 Å². The maximum absolute atomic E-state index is 6.24. The zero-order valence-corrected chi connectivity index (χ0v) is 14.7. The first-order valence-corrected chi connectivity index (χ1v) is 8.98. The first kappa shape index (κ1) is 17.0. The van der Waals surface area contributed by atoms with Gasteiger partial charge in [-0.1, -0.05) is 79.5 Å². The van der Waals surface area contributed by atoms with Crippen molar-refractivity contribution in [3.05, 3.63) is 35.4 Å². The minimum absolute atomic E-state index is 0.239. The standard InChI is InChI=1S/C17H27IO/c1-4-5-6-7-11-15(3)19-17(13-18)16-12-9-8-10-14(16)2/h8-10,12,15,17H,4-7,11,13H2,1-3H3. The second kappa shape index (κ2) is 9.76. The highest BCUT2D eigenvalue weighted by Gasteiger charge is 2.15. The van der Waals surface area contributed by atoms with Crippen molar-refractivity contribution in [1.29, 1.82) is 0 Å². The van der Waals surface area contributed by atoms with E-state index in [1.54, 1.807) is 0 Å². The average molecular weight is 374 g/mol. The molecule has 0 radical (unpaired) electrons. The highest BCUT2D eigenvalue weighted by Crippen LogP contribution is 2.25. The molecule has 1 aromatic rings. The fourth-order valence-corrected chi connectivity index (χ4v) is 3.03. The van der Waals surface area contributed by atoms with E-state index in [1.165, 1.54) is 43.2 Å². The number of aryl methyl sites for hydroxylation is 1. The first-order chi connectivity index (χ1) is 9.19. The smallest absolute Gasteiger partial charge is 0.0920 e. The van der Waals surface area contributed by atoms with Crippen LogP contribution in [0.5, 0.6) is 0 Å². The molecule has 0 saturated carbocycles. The molecule has 1 nitrogen and oxygen atoms in total. The number of hydrogen-bond acceptors (Lipinski definition) is 1. The third-order valence-electron chi connectivity index (χ3n) is 3.54. The van der Waals surface area contributed by atoms with Gasteiger partial charge in [0.25, 0.3) is 0 Å². The Morgan fingerprint density at radius 1 is 1.16 bits per heavy atom. The summed E-state index contributed by atoms with van der Waals surface area (Å²) in [5.74, 6) is 0. The Morgan fingerprint density at radius 3 is 2.53 bits per heavy atom. The number of halogens is 1. The minimum atomic E-state index is 0.239. The van der Waals surface area contributed by atoms with Crippen molar-refractivity contribution in [2.75, 3.05) is 4.43 Å². The fourth-order valence-electron chi connectivity index (χ4n) is 2.35. The molecule has 108 valence electrons. The Balaban J connectivity index is 2.46. The number of rotatable bonds is 9. The second-order valence-electron chi connectivity index (χ2n) is 5.30. The molecule has 0 spiro atoms. The van der Waals surface area contributed by atoms with E-state index in [2.05, 4.69) is 67.6 Å². The van der Waals surface area contributed by atoms with Gasteiger partial charge >= 0.3 is 0 Å². The lowest BCUT2D eigenvalue weighted by Gasteiger charge is -2.22. The highest BCUT2D eigenvalue weighted by atomic mass is 127. The molecule has 1 aromatic carbocycles. The van der Waals surface area contributed by atoms with E-state index in [0.717, 1.165) is 4.43 Å². The molecule has 0 aliphatic carbocycles. The molecule has 0 saturated heterocycles. The molecule has 2 unspecified atom stereocenters. The molecule has 1 rings (SSSR count). The van der Waals surface area contributed by atoms with Crippen molar-refractivity contribution in [2.24, 2.45) is 0 Å². The number of alkyl halides is 1. The maximum Gasteiger partial charge on any atom is 0.0920 e. The van der Waals surface area contributed by atoms with Crippen LogP contribution < -0.4 is 0 Å². The van der Waals surface area contributed by atoms with E-state index in [4.69, 9.17) is 4.74 Å². The average Bonchev–Trinajstić information content (AvgIpc) is 2.42. The topological polar surface area (TPSA) is 9.23 Å². The van der Waals surface area contributed by atoms with Gasteiger partial charge in [-0.3, -0.25) is 0 Å². The molecule has 0 aliphatic rings. The number of benzene rings is 1. The van der Waals surface area contributed by atoms with E-state index < -0.39 is 0 Å². The summed E-state index contributed by atoms with van der Waals surface area (Å²) in [5, 5.41) is 0. The Morgan fingerprint density at radius 2 is 1.89 bits per heavy atom. The van der Waals surface area contributed by atoms with E-state index in [1.807, 2.05) is 0 Å². The van der Waals surface area contributed by atoms with Gasteiger partial charge in [-0.05, 0) is 31.4 Å². The molecular formula is C17H27IO. The summed E-state index contributed by atoms with van der Waals surface area (Å²) in [6.07, 6.45) is 7.05. The minimum Gasteiger partial charge on any atom is -0.370 e. The van der Waals surface area contributed by atoms with Crippen LogP contribution in [0.1, 0.15) is 63.2 Å². The van der Waals surface area contributed by atoms with Crippen LogP contribution >= 0.6 is 22.6 Å². The van der Waals surface area contributed by atoms with Crippen LogP contribution in [0.3, 0.4) is 0 Å². The molecule has 0 amide bonds. The van der Waals surface area contributed by atoms with Crippen molar-refractivity contribution >= 4 is 22.6 Å². The Kier molecular flexibility index (Phi) is 8.71. The molecule has 0 N–H and O–H groups in total. The molecule has 2 heteroatoms. The fraction of sp³-hybridized carbons (Fsp3) is 0.647. The van der Waals surface area contributed by atoms with Crippen LogP contribution in [0.2, 0.25) is 0 Å². The van der Waals surface area contributed by atoms with E-state index >= 15 is 0 Å². The SMILES string of the molecule is CCCCCCC(C)OC(CI)c1ccccc1C. The Hall–Kier alpha value is -0.0900. The van der Waals surface area contributed by atoms with Crippen molar-refractivity contribution in [3.8, 4) is 0 Å². The number of ether oxygens (including phenoxy) is 1.